The van der Waals surface area contributed by atoms with Gasteiger partial charge in [0.2, 0.25) is 0 Å². The summed E-state index contributed by atoms with van der Waals surface area (Å²) in [5, 5.41) is 0. The standard InChI is InChI=1S/4FH.Zn.Zr/h4*1H;;/q;;;;;+4/p-4. The van der Waals surface area contributed by atoms with Crippen molar-refractivity contribution in [1.82, 2.24) is 0 Å². The van der Waals surface area contributed by atoms with E-state index in [1.807, 2.05) is 0 Å². The van der Waals surface area contributed by atoms with Crippen LogP contribution < -0.4 is 0 Å². The van der Waals surface area contributed by atoms with Crippen LogP contribution in [0, 0.1) is 0 Å². The summed E-state index contributed by atoms with van der Waals surface area (Å²) in [6.07, 6.45) is 0. The molecule has 0 amide bonds. The van der Waals surface area contributed by atoms with Crippen molar-refractivity contribution < 1.29 is 52.7 Å². The van der Waals surface area contributed by atoms with Gasteiger partial charge in [0, 0.05) is 19.5 Å². The van der Waals surface area contributed by atoms with Crippen LogP contribution >= 0.6 is 0 Å². The van der Waals surface area contributed by atoms with Gasteiger partial charge in [-0.1, -0.05) is 0 Å². The summed E-state index contributed by atoms with van der Waals surface area (Å²) in [6, 6.07) is 0. The van der Waals surface area contributed by atoms with Crippen molar-refractivity contribution in [3.05, 3.63) is 0 Å². The van der Waals surface area contributed by atoms with Crippen LogP contribution in [-0.4, -0.2) is 0 Å². The van der Waals surface area contributed by atoms with E-state index in [1.54, 1.807) is 0 Å². The van der Waals surface area contributed by atoms with Gasteiger partial charge in [-0.05, 0) is 0 Å². The average Bonchev–Trinajstić information content (AvgIpc) is 0.722. The molecule has 0 aromatic carbocycles. The summed E-state index contributed by atoms with van der Waals surface area (Å²) in [5.41, 5.74) is 0. The minimum Gasteiger partial charge on any atom is 0 e. The second-order valence-corrected chi connectivity index (χ2v) is 2.54. The van der Waals surface area contributed by atoms with Crippen molar-refractivity contribution in [2.75, 3.05) is 0 Å². The predicted molar refractivity (Wildman–Crippen MR) is 4.43 cm³/mol. The molecule has 0 aliphatic heterocycles. The maximum absolute atomic E-state index is 9.90. The van der Waals surface area contributed by atoms with Gasteiger partial charge in [-0.2, -0.15) is 0 Å². The largest absolute Gasteiger partial charge is 0 e. The molecule has 0 radical (unpaired) electrons. The minimum absolute atomic E-state index is 0. The zero-order valence-electron chi connectivity index (χ0n) is 2.72. The third-order valence-electron chi connectivity index (χ3n) is 0. The van der Waals surface area contributed by atoms with Gasteiger partial charge in [-0.25, -0.2) is 0 Å². The van der Waals surface area contributed by atoms with Gasteiger partial charge in [0.25, 0.3) is 0 Å². The molecule has 0 saturated heterocycles. The van der Waals surface area contributed by atoms with E-state index in [0.717, 1.165) is 0 Å². The summed E-state index contributed by atoms with van der Waals surface area (Å²) >= 11 is -7.18. The number of hydrogen-bond acceptors (Lipinski definition) is 0. The third-order valence-corrected chi connectivity index (χ3v) is 0. The number of halogens is 4. The third kappa shape index (κ3) is 62.1. The van der Waals surface area contributed by atoms with Crippen LogP contribution in [0.3, 0.4) is 0 Å². The Bertz CT molecular complexity index is 23.0. The van der Waals surface area contributed by atoms with Crippen molar-refractivity contribution in [2.24, 2.45) is 0 Å². The molecule has 0 unspecified atom stereocenters. The average molecular weight is 233 g/mol. The van der Waals surface area contributed by atoms with E-state index >= 15 is 0 Å². The second-order valence-electron chi connectivity index (χ2n) is 0.429. The monoisotopic (exact) mass is 230 g/mol. The van der Waals surface area contributed by atoms with Gasteiger partial charge in [-0.3, -0.25) is 0 Å². The molecule has 0 atom stereocenters. The Labute approximate surface area is 52.6 Å². The van der Waals surface area contributed by atoms with E-state index in [2.05, 4.69) is 0 Å². The minimum atomic E-state index is -7.18. The fraction of sp³-hybridized carbons (Fsp3) is 0. The molecule has 34 valence electrons. The molecule has 0 aromatic heterocycles. The first-order valence-electron chi connectivity index (χ1n) is 0.756. The molecule has 0 aliphatic rings. The van der Waals surface area contributed by atoms with Gasteiger partial charge in [0.1, 0.15) is 0 Å². The molecule has 6 heteroatoms. The Morgan fingerprint density at radius 3 is 0.833 bits per heavy atom. The predicted octanol–water partition coefficient (Wildman–Crippen LogP) is 1.68. The van der Waals surface area contributed by atoms with Crippen LogP contribution in [0.5, 0.6) is 0 Å². The second kappa shape index (κ2) is 3.26. The topological polar surface area (TPSA) is 0 Å². The number of rotatable bonds is 0. The molecule has 0 heterocycles. The van der Waals surface area contributed by atoms with Crippen LogP contribution in [-0.2, 0) is 42.2 Å². The van der Waals surface area contributed by atoms with Gasteiger partial charge in [0.05, 0.1) is 0 Å². The van der Waals surface area contributed by atoms with Crippen molar-refractivity contribution in [3.63, 3.8) is 0 Å². The molecule has 0 aliphatic carbocycles. The number of hydrogen-bond donors (Lipinski definition) is 0. The fourth-order valence-electron chi connectivity index (χ4n) is 0. The summed E-state index contributed by atoms with van der Waals surface area (Å²) in [7, 11) is 0. The van der Waals surface area contributed by atoms with Gasteiger partial charge in [-0.15, -0.1) is 0 Å². The van der Waals surface area contributed by atoms with E-state index in [0.29, 0.717) is 0 Å². The quantitative estimate of drug-likeness (QED) is 0.440. The molecule has 0 rings (SSSR count). The van der Waals surface area contributed by atoms with Crippen LogP contribution in [0.15, 0.2) is 0 Å². The summed E-state index contributed by atoms with van der Waals surface area (Å²) < 4.78 is 39.6. The molecule has 0 N–H and O–H groups in total. The first-order valence-corrected chi connectivity index (χ1v) is 4.47. The van der Waals surface area contributed by atoms with E-state index < -0.39 is 22.7 Å². The van der Waals surface area contributed by atoms with E-state index in [1.165, 1.54) is 0 Å². The van der Waals surface area contributed by atoms with E-state index in [-0.39, 0.29) is 19.5 Å². The molecule has 0 aromatic rings. The van der Waals surface area contributed by atoms with E-state index in [9.17, 15) is 10.5 Å². The van der Waals surface area contributed by atoms with Crippen LogP contribution in [0.4, 0.5) is 10.5 Å². The Balaban J connectivity index is 0. The molecular weight excluding hydrogens is 233 g/mol. The van der Waals surface area contributed by atoms with Crippen LogP contribution in [0.25, 0.3) is 0 Å². The Kier molecular flexibility index (Phi) is 5.57. The Morgan fingerprint density at radius 1 is 0.833 bits per heavy atom. The smallest absolute Gasteiger partial charge is 0 e. The molecule has 6 heavy (non-hydrogen) atoms. The molecule has 0 nitrogen and oxygen atoms in total. The van der Waals surface area contributed by atoms with Crippen molar-refractivity contribution in [1.29, 1.82) is 0 Å². The van der Waals surface area contributed by atoms with Gasteiger partial charge < -0.3 is 0 Å². The first kappa shape index (κ1) is 10.3. The normalized spacial score (nSPS) is 10.0. The zero-order chi connectivity index (χ0) is 4.50. The van der Waals surface area contributed by atoms with Crippen LogP contribution in [0.1, 0.15) is 0 Å². The molecular formula is F4ZnZr. The molecule has 0 bridgehead atoms. The summed E-state index contributed by atoms with van der Waals surface area (Å²) in [4.78, 5) is 0. The van der Waals surface area contributed by atoms with Gasteiger partial charge in [0.15, 0.2) is 0 Å². The zero-order valence-corrected chi connectivity index (χ0v) is 8.14. The Hall–Kier alpha value is 1.23. The Morgan fingerprint density at radius 2 is 0.833 bits per heavy atom. The maximum Gasteiger partial charge on any atom is 0 e. The van der Waals surface area contributed by atoms with Gasteiger partial charge >= 0.3 is 33.2 Å². The summed E-state index contributed by atoms with van der Waals surface area (Å²) in [5.74, 6) is 0. The van der Waals surface area contributed by atoms with Crippen molar-refractivity contribution >= 4 is 0 Å². The van der Waals surface area contributed by atoms with E-state index in [4.69, 9.17) is 0 Å². The fourth-order valence-corrected chi connectivity index (χ4v) is 0. The first-order chi connectivity index (χ1) is 2.00. The van der Waals surface area contributed by atoms with Crippen LogP contribution in [0.2, 0.25) is 0 Å². The van der Waals surface area contributed by atoms with Crippen molar-refractivity contribution in [3.8, 4) is 0 Å². The molecule has 0 saturated carbocycles. The molecule has 0 spiro atoms. The maximum atomic E-state index is 9.90. The summed E-state index contributed by atoms with van der Waals surface area (Å²) in [6.45, 7) is 0. The molecule has 0 fully saturated rings. The van der Waals surface area contributed by atoms with Crippen molar-refractivity contribution in [2.45, 2.75) is 0 Å². The SMILES string of the molecule is [F][Zr]([F])([F])[F].[Zn].